The van der Waals surface area contributed by atoms with Crippen LogP contribution in [-0.2, 0) is 13.6 Å². The van der Waals surface area contributed by atoms with Crippen LogP contribution in [0.15, 0.2) is 63.5 Å². The Balaban J connectivity index is 1.84. The van der Waals surface area contributed by atoms with E-state index in [0.29, 0.717) is 26.2 Å². The standard InChI is InChI=1S/C23H17N7O2S/c1-28-15-16(14-27-28)13-26-8-10-30-22(31)21-19(29(23(30)32)9-4-7-24)11-20(33-21)18-6-3-2-5-17(18)12-25/h2-3,5-6,8,10-11,13-15H,4,9H2,1H3/b10-8+,26-13?. The van der Waals surface area contributed by atoms with Gasteiger partial charge in [-0.3, -0.25) is 19.0 Å². The zero-order chi connectivity index (χ0) is 23.4. The van der Waals surface area contributed by atoms with Crippen molar-refractivity contribution in [2.45, 2.75) is 13.0 Å². The first-order valence-electron chi connectivity index (χ1n) is 9.87. The summed E-state index contributed by atoms with van der Waals surface area (Å²) in [5, 5.41) is 22.5. The molecule has 0 atom stereocenters. The fraction of sp³-hybridized carbons (Fsp3) is 0.130. The van der Waals surface area contributed by atoms with Crippen LogP contribution in [0, 0.1) is 22.7 Å². The molecule has 1 aromatic carbocycles. The summed E-state index contributed by atoms with van der Waals surface area (Å²) in [5.74, 6) is 0. The molecule has 162 valence electrons. The quantitative estimate of drug-likeness (QED) is 0.414. The predicted octanol–water partition coefficient (Wildman–Crippen LogP) is 2.96. The molecule has 0 aliphatic heterocycles. The highest BCUT2D eigenvalue weighted by Gasteiger charge is 2.17. The fourth-order valence-corrected chi connectivity index (χ4v) is 4.48. The van der Waals surface area contributed by atoms with Crippen molar-refractivity contribution in [2.75, 3.05) is 0 Å². The van der Waals surface area contributed by atoms with E-state index in [9.17, 15) is 14.9 Å². The van der Waals surface area contributed by atoms with E-state index in [1.165, 1.54) is 28.3 Å². The Bertz CT molecular complexity index is 1600. The first-order valence-corrected chi connectivity index (χ1v) is 10.7. The SMILES string of the molecule is Cn1cc(C=N/C=C/n2c(=O)c3sc(-c4ccccc4C#N)cc3n(CCC#N)c2=O)cn1. The van der Waals surface area contributed by atoms with Crippen LogP contribution in [0.5, 0.6) is 0 Å². The van der Waals surface area contributed by atoms with Gasteiger partial charge in [-0.2, -0.15) is 15.6 Å². The van der Waals surface area contributed by atoms with E-state index in [0.717, 1.165) is 10.1 Å². The molecule has 0 aliphatic rings. The van der Waals surface area contributed by atoms with Crippen molar-refractivity contribution in [3.8, 4) is 22.6 Å². The van der Waals surface area contributed by atoms with Crippen molar-refractivity contribution < 1.29 is 0 Å². The van der Waals surface area contributed by atoms with Crippen molar-refractivity contribution >= 4 is 34.0 Å². The maximum atomic E-state index is 13.2. The van der Waals surface area contributed by atoms with Gasteiger partial charge in [0.25, 0.3) is 5.56 Å². The summed E-state index contributed by atoms with van der Waals surface area (Å²) in [6.45, 7) is 0.134. The van der Waals surface area contributed by atoms with Crippen molar-refractivity contribution in [3.63, 3.8) is 0 Å². The van der Waals surface area contributed by atoms with Crippen LogP contribution in [0.4, 0.5) is 0 Å². The molecule has 0 bridgehead atoms. The van der Waals surface area contributed by atoms with E-state index in [1.807, 2.05) is 12.1 Å². The minimum atomic E-state index is -0.562. The number of hydrogen-bond donors (Lipinski definition) is 0. The minimum Gasteiger partial charge on any atom is -0.291 e. The van der Waals surface area contributed by atoms with E-state index in [1.54, 1.807) is 54.6 Å². The molecule has 0 amide bonds. The number of aryl methyl sites for hydroxylation is 2. The lowest BCUT2D eigenvalue weighted by Crippen LogP contribution is -2.36. The molecule has 4 aromatic rings. The predicted molar refractivity (Wildman–Crippen MR) is 127 cm³/mol. The van der Waals surface area contributed by atoms with Gasteiger partial charge < -0.3 is 0 Å². The van der Waals surface area contributed by atoms with Crippen LogP contribution in [0.2, 0.25) is 0 Å². The first kappa shape index (κ1) is 21.7. The Labute approximate surface area is 192 Å². The molecular formula is C23H17N7O2S. The number of rotatable bonds is 6. The van der Waals surface area contributed by atoms with Gasteiger partial charge in [0, 0.05) is 54.4 Å². The van der Waals surface area contributed by atoms with Crippen LogP contribution >= 0.6 is 11.3 Å². The maximum absolute atomic E-state index is 13.2. The van der Waals surface area contributed by atoms with Gasteiger partial charge in [0.15, 0.2) is 0 Å². The number of hydrogen-bond acceptors (Lipinski definition) is 7. The summed E-state index contributed by atoms with van der Waals surface area (Å²) >= 11 is 1.21. The number of aliphatic imine (C=N–C) groups is 1. The zero-order valence-electron chi connectivity index (χ0n) is 17.5. The average molecular weight is 456 g/mol. The third-order valence-corrected chi connectivity index (χ3v) is 6.01. The normalized spacial score (nSPS) is 11.4. The monoisotopic (exact) mass is 455 g/mol. The average Bonchev–Trinajstić information content (AvgIpc) is 3.45. The Morgan fingerprint density at radius 1 is 1.24 bits per heavy atom. The summed E-state index contributed by atoms with van der Waals surface area (Å²) in [7, 11) is 1.79. The van der Waals surface area contributed by atoms with Crippen molar-refractivity contribution in [2.24, 2.45) is 12.0 Å². The van der Waals surface area contributed by atoms with Crippen molar-refractivity contribution in [3.05, 3.63) is 80.9 Å². The second kappa shape index (κ2) is 9.30. The summed E-state index contributed by atoms with van der Waals surface area (Å²) in [5.41, 5.74) is 1.32. The van der Waals surface area contributed by atoms with Gasteiger partial charge in [-0.05, 0) is 12.1 Å². The van der Waals surface area contributed by atoms with E-state index >= 15 is 0 Å². The van der Waals surface area contributed by atoms with E-state index in [-0.39, 0.29) is 13.0 Å². The zero-order valence-corrected chi connectivity index (χ0v) is 18.4. The van der Waals surface area contributed by atoms with Crippen molar-refractivity contribution in [1.29, 1.82) is 10.5 Å². The third-order valence-electron chi connectivity index (χ3n) is 4.86. The summed E-state index contributed by atoms with van der Waals surface area (Å²) in [6.07, 6.45) is 7.74. The number of nitriles is 2. The Morgan fingerprint density at radius 2 is 2.06 bits per heavy atom. The van der Waals surface area contributed by atoms with Gasteiger partial charge in [0.05, 0.1) is 35.8 Å². The number of nitrogens with zero attached hydrogens (tertiary/aromatic N) is 7. The molecule has 0 aliphatic carbocycles. The van der Waals surface area contributed by atoms with Crippen LogP contribution in [-0.4, -0.2) is 25.1 Å². The topological polar surface area (TPSA) is 122 Å². The Kier molecular flexibility index (Phi) is 6.11. The number of fused-ring (bicyclic) bond motifs is 1. The molecule has 33 heavy (non-hydrogen) atoms. The molecular weight excluding hydrogens is 438 g/mol. The molecule has 10 heteroatoms. The Morgan fingerprint density at radius 3 is 2.79 bits per heavy atom. The fourth-order valence-electron chi connectivity index (χ4n) is 3.34. The minimum absolute atomic E-state index is 0.107. The molecule has 9 nitrogen and oxygen atoms in total. The number of thiophene rings is 1. The van der Waals surface area contributed by atoms with Crippen LogP contribution < -0.4 is 11.2 Å². The number of benzene rings is 1. The highest BCUT2D eigenvalue weighted by Crippen LogP contribution is 2.33. The van der Waals surface area contributed by atoms with E-state index < -0.39 is 11.2 Å². The van der Waals surface area contributed by atoms with Gasteiger partial charge in [0.2, 0.25) is 0 Å². The molecule has 3 aromatic heterocycles. The molecule has 4 rings (SSSR count). The second-order valence-corrected chi connectivity index (χ2v) is 8.08. The molecule has 0 saturated carbocycles. The summed E-state index contributed by atoms with van der Waals surface area (Å²) in [4.78, 5) is 31.1. The molecule has 0 radical (unpaired) electrons. The van der Waals surface area contributed by atoms with E-state index in [4.69, 9.17) is 5.26 Å². The van der Waals surface area contributed by atoms with E-state index in [2.05, 4.69) is 16.2 Å². The van der Waals surface area contributed by atoms with Gasteiger partial charge in [-0.1, -0.05) is 18.2 Å². The van der Waals surface area contributed by atoms with Crippen LogP contribution in [0.25, 0.3) is 26.9 Å². The van der Waals surface area contributed by atoms with Crippen LogP contribution in [0.1, 0.15) is 17.5 Å². The molecule has 0 spiro atoms. The lowest BCUT2D eigenvalue weighted by atomic mass is 10.1. The highest BCUT2D eigenvalue weighted by molar-refractivity contribution is 7.22. The first-order chi connectivity index (χ1) is 16.0. The van der Waals surface area contributed by atoms with Crippen molar-refractivity contribution in [1.82, 2.24) is 18.9 Å². The molecule has 0 N–H and O–H groups in total. The van der Waals surface area contributed by atoms with Gasteiger partial charge in [-0.25, -0.2) is 9.36 Å². The van der Waals surface area contributed by atoms with Gasteiger partial charge in [0.1, 0.15) is 4.70 Å². The largest absolute Gasteiger partial charge is 0.335 e. The van der Waals surface area contributed by atoms with Gasteiger partial charge in [-0.15, -0.1) is 11.3 Å². The smallest absolute Gasteiger partial charge is 0.291 e. The lowest BCUT2D eigenvalue weighted by molar-refractivity contribution is 0.671. The molecule has 0 unspecified atom stereocenters. The molecule has 0 saturated heterocycles. The second-order valence-electron chi connectivity index (χ2n) is 7.02. The Hall–Kier alpha value is -4.54. The molecule has 3 heterocycles. The summed E-state index contributed by atoms with van der Waals surface area (Å²) < 4.78 is 4.38. The maximum Gasteiger partial charge on any atom is 0.335 e. The third kappa shape index (κ3) is 4.28. The molecule has 0 fully saturated rings. The number of aromatic nitrogens is 4. The van der Waals surface area contributed by atoms with Gasteiger partial charge >= 0.3 is 5.69 Å². The summed E-state index contributed by atoms with van der Waals surface area (Å²) in [6, 6.07) is 13.0. The lowest BCUT2D eigenvalue weighted by Gasteiger charge is -2.07. The highest BCUT2D eigenvalue weighted by atomic mass is 32.1. The van der Waals surface area contributed by atoms with Crippen LogP contribution in [0.3, 0.4) is 0 Å².